The van der Waals surface area contributed by atoms with Crippen molar-refractivity contribution < 1.29 is 4.79 Å². The minimum absolute atomic E-state index is 0.102. The van der Waals surface area contributed by atoms with E-state index in [1.165, 1.54) is 4.80 Å². The molecule has 1 N–H and O–H groups in total. The first-order chi connectivity index (χ1) is 5.75. The van der Waals surface area contributed by atoms with Gasteiger partial charge < -0.3 is 5.32 Å². The third-order valence-electron chi connectivity index (χ3n) is 2.01. The summed E-state index contributed by atoms with van der Waals surface area (Å²) in [7, 11) is 1.77. The molecule has 0 saturated carbocycles. The van der Waals surface area contributed by atoms with Gasteiger partial charge >= 0.3 is 0 Å². The van der Waals surface area contributed by atoms with Crippen molar-refractivity contribution in [1.29, 1.82) is 0 Å². The van der Waals surface area contributed by atoms with E-state index in [1.807, 2.05) is 0 Å². The number of nitrogens with one attached hydrogen (secondary N) is 1. The molecule has 1 fully saturated rings. The number of rotatable bonds is 1. The molecular weight excluding hydrogens is 156 g/mol. The first-order valence-electron chi connectivity index (χ1n) is 3.88. The van der Waals surface area contributed by atoms with Crippen molar-refractivity contribution in [3.05, 3.63) is 11.9 Å². The highest BCUT2D eigenvalue weighted by atomic mass is 16.1. The molecule has 0 radical (unpaired) electrons. The zero-order valence-corrected chi connectivity index (χ0v) is 6.82. The van der Waals surface area contributed by atoms with Gasteiger partial charge in [-0.15, -0.1) is 0 Å². The third kappa shape index (κ3) is 1.17. The van der Waals surface area contributed by atoms with Crippen LogP contribution in [-0.2, 0) is 11.8 Å². The van der Waals surface area contributed by atoms with E-state index >= 15 is 0 Å². The minimum atomic E-state index is 0.102. The van der Waals surface area contributed by atoms with Gasteiger partial charge in [0.15, 0.2) is 0 Å². The van der Waals surface area contributed by atoms with Gasteiger partial charge in [-0.3, -0.25) is 4.79 Å². The van der Waals surface area contributed by atoms with Crippen molar-refractivity contribution in [2.45, 2.75) is 12.3 Å². The first-order valence-corrected chi connectivity index (χ1v) is 3.88. The fraction of sp³-hybridized carbons (Fsp3) is 0.571. The Bertz CT molecular complexity index is 306. The molecule has 64 valence electrons. The van der Waals surface area contributed by atoms with E-state index in [2.05, 4.69) is 15.5 Å². The summed E-state index contributed by atoms with van der Waals surface area (Å²) in [5.74, 6) is 0.317. The summed E-state index contributed by atoms with van der Waals surface area (Å²) in [6.07, 6.45) is 2.25. The molecule has 12 heavy (non-hydrogen) atoms. The Balaban J connectivity index is 2.15. The third-order valence-corrected chi connectivity index (χ3v) is 2.01. The van der Waals surface area contributed by atoms with E-state index in [9.17, 15) is 4.79 Å². The first kappa shape index (κ1) is 7.27. The smallest absolute Gasteiger partial charge is 0.220 e. The maximum Gasteiger partial charge on any atom is 0.220 e. The van der Waals surface area contributed by atoms with Gasteiger partial charge in [0.2, 0.25) is 5.91 Å². The topological polar surface area (TPSA) is 59.8 Å². The van der Waals surface area contributed by atoms with Crippen LogP contribution >= 0.6 is 0 Å². The van der Waals surface area contributed by atoms with Crippen molar-refractivity contribution in [3.63, 3.8) is 0 Å². The molecule has 1 aromatic rings. The number of aromatic nitrogens is 3. The van der Waals surface area contributed by atoms with Gasteiger partial charge in [-0.1, -0.05) is 0 Å². The molecule has 1 aliphatic rings. The largest absolute Gasteiger partial charge is 0.355 e. The molecule has 1 unspecified atom stereocenters. The summed E-state index contributed by atoms with van der Waals surface area (Å²) in [5, 5.41) is 10.9. The number of hydrogen-bond acceptors (Lipinski definition) is 3. The molecule has 0 spiro atoms. The highest BCUT2D eigenvalue weighted by Crippen LogP contribution is 2.19. The van der Waals surface area contributed by atoms with E-state index in [0.717, 1.165) is 5.69 Å². The second-order valence-electron chi connectivity index (χ2n) is 2.96. The molecule has 1 saturated heterocycles. The monoisotopic (exact) mass is 166 g/mol. The summed E-state index contributed by atoms with van der Waals surface area (Å²) < 4.78 is 0. The fourth-order valence-corrected chi connectivity index (χ4v) is 1.36. The molecule has 1 aliphatic heterocycles. The quantitative estimate of drug-likeness (QED) is 0.607. The van der Waals surface area contributed by atoms with Crippen molar-refractivity contribution in [2.24, 2.45) is 7.05 Å². The average Bonchev–Trinajstić information content (AvgIpc) is 2.58. The fourth-order valence-electron chi connectivity index (χ4n) is 1.36. The lowest BCUT2D eigenvalue weighted by Gasteiger charge is -1.99. The maximum absolute atomic E-state index is 10.9. The second-order valence-corrected chi connectivity index (χ2v) is 2.96. The number of carbonyl (C=O) groups is 1. The lowest BCUT2D eigenvalue weighted by molar-refractivity contribution is -0.119. The Kier molecular flexibility index (Phi) is 1.56. The predicted octanol–water partition coefficient (Wildman–Crippen LogP) is -0.581. The molecule has 2 heterocycles. The maximum atomic E-state index is 10.9. The van der Waals surface area contributed by atoms with Crippen molar-refractivity contribution >= 4 is 5.91 Å². The standard InChI is InChI=1S/C7H10N4O/c1-11-9-4-6(10-11)5-2-7(12)8-3-5/h4-5H,2-3H2,1H3,(H,8,12). The molecule has 0 bridgehead atoms. The predicted molar refractivity (Wildman–Crippen MR) is 41.4 cm³/mol. The molecule has 2 rings (SSSR count). The van der Waals surface area contributed by atoms with E-state index in [-0.39, 0.29) is 11.8 Å². The zero-order chi connectivity index (χ0) is 8.55. The Morgan fingerprint density at radius 2 is 2.58 bits per heavy atom. The van der Waals surface area contributed by atoms with Crippen molar-refractivity contribution in [2.75, 3.05) is 6.54 Å². The summed E-state index contributed by atoms with van der Waals surface area (Å²) in [5.41, 5.74) is 0.899. The van der Waals surface area contributed by atoms with Gasteiger partial charge in [-0.2, -0.15) is 15.0 Å². The van der Waals surface area contributed by atoms with Gasteiger partial charge in [-0.25, -0.2) is 0 Å². The van der Waals surface area contributed by atoms with Crippen LogP contribution in [0.3, 0.4) is 0 Å². The Morgan fingerprint density at radius 3 is 3.08 bits per heavy atom. The summed E-state index contributed by atoms with van der Waals surface area (Å²) >= 11 is 0. The van der Waals surface area contributed by atoms with Crippen molar-refractivity contribution in [1.82, 2.24) is 20.3 Å². The molecule has 5 heteroatoms. The van der Waals surface area contributed by atoms with Crippen molar-refractivity contribution in [3.8, 4) is 0 Å². The van der Waals surface area contributed by atoms with Crippen LogP contribution in [0.2, 0.25) is 0 Å². The summed E-state index contributed by atoms with van der Waals surface area (Å²) in [6, 6.07) is 0. The molecule has 0 aliphatic carbocycles. The van der Waals surface area contributed by atoms with Crippen LogP contribution in [-0.4, -0.2) is 27.4 Å². The Labute approximate surface area is 69.8 Å². The van der Waals surface area contributed by atoms with Crippen LogP contribution in [0.5, 0.6) is 0 Å². The summed E-state index contributed by atoms with van der Waals surface area (Å²) in [6.45, 7) is 0.692. The van der Waals surface area contributed by atoms with Crippen LogP contribution < -0.4 is 5.32 Å². The number of carbonyl (C=O) groups excluding carboxylic acids is 1. The number of hydrogen-bond donors (Lipinski definition) is 1. The molecule has 0 aromatic carbocycles. The van der Waals surface area contributed by atoms with Crippen LogP contribution in [0.1, 0.15) is 18.0 Å². The SMILES string of the molecule is Cn1ncc(C2CNC(=O)C2)n1. The van der Waals surface area contributed by atoms with Crippen LogP contribution in [0.4, 0.5) is 0 Å². The Hall–Kier alpha value is -1.39. The highest BCUT2D eigenvalue weighted by Gasteiger charge is 2.24. The second kappa shape index (κ2) is 2.58. The van der Waals surface area contributed by atoms with E-state index in [1.54, 1.807) is 13.2 Å². The van der Waals surface area contributed by atoms with Gasteiger partial charge in [-0.05, 0) is 0 Å². The van der Waals surface area contributed by atoms with Crippen LogP contribution in [0.15, 0.2) is 6.20 Å². The normalized spacial score (nSPS) is 22.8. The number of aryl methyl sites for hydroxylation is 1. The average molecular weight is 166 g/mol. The van der Waals surface area contributed by atoms with E-state index in [0.29, 0.717) is 13.0 Å². The lowest BCUT2D eigenvalue weighted by Crippen LogP contribution is -2.13. The molecular formula is C7H10N4O. The van der Waals surface area contributed by atoms with Crippen LogP contribution in [0.25, 0.3) is 0 Å². The van der Waals surface area contributed by atoms with Gasteiger partial charge in [0.05, 0.1) is 11.9 Å². The van der Waals surface area contributed by atoms with Crippen LogP contribution in [0, 0.1) is 0 Å². The molecule has 5 nitrogen and oxygen atoms in total. The zero-order valence-electron chi connectivity index (χ0n) is 6.82. The number of nitrogens with zero attached hydrogens (tertiary/aromatic N) is 3. The molecule has 1 atom stereocenters. The van der Waals surface area contributed by atoms with Gasteiger partial charge in [0.1, 0.15) is 0 Å². The highest BCUT2D eigenvalue weighted by molar-refractivity contribution is 5.79. The lowest BCUT2D eigenvalue weighted by atomic mass is 10.1. The van der Waals surface area contributed by atoms with E-state index < -0.39 is 0 Å². The molecule has 1 aromatic heterocycles. The minimum Gasteiger partial charge on any atom is -0.355 e. The molecule has 1 amide bonds. The van der Waals surface area contributed by atoms with Gasteiger partial charge in [0.25, 0.3) is 0 Å². The van der Waals surface area contributed by atoms with E-state index in [4.69, 9.17) is 0 Å². The Morgan fingerprint density at radius 1 is 1.75 bits per heavy atom. The number of amides is 1. The van der Waals surface area contributed by atoms with Gasteiger partial charge in [0, 0.05) is 25.9 Å². The summed E-state index contributed by atoms with van der Waals surface area (Å²) in [4.78, 5) is 12.4.